The number of carbonyl (C=O) groups is 1. The summed E-state index contributed by atoms with van der Waals surface area (Å²) in [7, 11) is 0. The molecule has 15 heavy (non-hydrogen) atoms. The number of aromatic hydroxyl groups is 1. The van der Waals surface area contributed by atoms with Crippen LogP contribution in [-0.2, 0) is 5.54 Å². The van der Waals surface area contributed by atoms with Gasteiger partial charge in [-0.15, -0.1) is 0 Å². The molecule has 0 atom stereocenters. The van der Waals surface area contributed by atoms with Gasteiger partial charge < -0.3 is 20.4 Å². The summed E-state index contributed by atoms with van der Waals surface area (Å²) in [6.45, 7) is 2.97. The Morgan fingerprint density at radius 3 is 2.47 bits per heavy atom. The average Bonchev–Trinajstić information content (AvgIpc) is 2.06. The van der Waals surface area contributed by atoms with Crippen LogP contribution in [0.3, 0.4) is 0 Å². The molecule has 82 valence electrons. The lowest BCUT2D eigenvalue weighted by molar-refractivity contribution is 0.0653. The normalized spacial score (nSPS) is 11.4. The number of rotatable bonds is 2. The Morgan fingerprint density at radius 1 is 1.53 bits per heavy atom. The van der Waals surface area contributed by atoms with Gasteiger partial charge in [0.15, 0.2) is 5.76 Å². The number of hydrogen-bond acceptors (Lipinski definition) is 5. The van der Waals surface area contributed by atoms with Gasteiger partial charge >= 0.3 is 5.97 Å². The van der Waals surface area contributed by atoms with E-state index >= 15 is 0 Å². The summed E-state index contributed by atoms with van der Waals surface area (Å²) in [5.74, 6) is -2.84. The summed E-state index contributed by atoms with van der Waals surface area (Å²) < 4.78 is 4.84. The maximum Gasteiger partial charge on any atom is 0.371 e. The molecule has 0 aromatic carbocycles. The van der Waals surface area contributed by atoms with E-state index in [4.69, 9.17) is 15.3 Å². The monoisotopic (exact) mass is 213 g/mol. The van der Waals surface area contributed by atoms with Crippen LogP contribution in [0.15, 0.2) is 15.3 Å². The molecule has 6 nitrogen and oxygen atoms in total. The standard InChI is InChI=1S/C9H11NO5/c1-9(2,10)7-6(12)4(11)3-5(15-7)8(13)14/h3,12H,10H2,1-2H3,(H,13,14). The molecule has 0 bridgehead atoms. The number of nitrogens with two attached hydrogens (primary N) is 1. The Labute approximate surface area is 84.9 Å². The molecule has 0 aliphatic rings. The molecule has 1 aromatic heterocycles. The molecule has 0 unspecified atom stereocenters. The van der Waals surface area contributed by atoms with Crippen molar-refractivity contribution in [2.24, 2.45) is 5.73 Å². The lowest BCUT2D eigenvalue weighted by Crippen LogP contribution is -2.30. The first-order valence-electron chi connectivity index (χ1n) is 4.13. The highest BCUT2D eigenvalue weighted by molar-refractivity contribution is 5.84. The average molecular weight is 213 g/mol. The van der Waals surface area contributed by atoms with Gasteiger partial charge in [0.25, 0.3) is 0 Å². The summed E-state index contributed by atoms with van der Waals surface area (Å²) in [6, 6.07) is 0.701. The second-order valence-electron chi connectivity index (χ2n) is 3.68. The highest BCUT2D eigenvalue weighted by Crippen LogP contribution is 2.24. The van der Waals surface area contributed by atoms with E-state index in [1.807, 2.05) is 0 Å². The molecule has 0 fully saturated rings. The summed E-state index contributed by atoms with van der Waals surface area (Å²) in [4.78, 5) is 21.8. The Kier molecular flexibility index (Phi) is 2.55. The van der Waals surface area contributed by atoms with Crippen molar-refractivity contribution in [3.63, 3.8) is 0 Å². The minimum absolute atomic E-state index is 0.243. The van der Waals surface area contributed by atoms with Crippen LogP contribution in [0.1, 0.15) is 30.2 Å². The fourth-order valence-electron chi connectivity index (χ4n) is 1.03. The minimum Gasteiger partial charge on any atom is -0.502 e. The Bertz CT molecular complexity index is 455. The Balaban J connectivity index is 3.52. The molecule has 1 heterocycles. The Morgan fingerprint density at radius 2 is 2.07 bits per heavy atom. The van der Waals surface area contributed by atoms with Gasteiger partial charge in [-0.05, 0) is 13.8 Å². The summed E-state index contributed by atoms with van der Waals surface area (Å²) >= 11 is 0. The first-order valence-corrected chi connectivity index (χ1v) is 4.13. The van der Waals surface area contributed by atoms with E-state index < -0.39 is 28.4 Å². The third-order valence-electron chi connectivity index (χ3n) is 1.72. The second-order valence-corrected chi connectivity index (χ2v) is 3.68. The van der Waals surface area contributed by atoms with E-state index in [1.165, 1.54) is 13.8 Å². The zero-order valence-corrected chi connectivity index (χ0v) is 8.27. The van der Waals surface area contributed by atoms with E-state index in [-0.39, 0.29) is 5.76 Å². The number of aromatic carboxylic acids is 1. The molecule has 1 rings (SSSR count). The molecule has 0 saturated carbocycles. The predicted molar refractivity (Wildman–Crippen MR) is 50.8 cm³/mol. The van der Waals surface area contributed by atoms with E-state index in [2.05, 4.69) is 0 Å². The van der Waals surface area contributed by atoms with Gasteiger partial charge in [-0.3, -0.25) is 4.79 Å². The fraction of sp³-hybridized carbons (Fsp3) is 0.333. The van der Waals surface area contributed by atoms with Gasteiger partial charge in [0.2, 0.25) is 16.9 Å². The third-order valence-corrected chi connectivity index (χ3v) is 1.72. The van der Waals surface area contributed by atoms with Gasteiger partial charge in [-0.25, -0.2) is 4.79 Å². The van der Waals surface area contributed by atoms with Crippen LogP contribution < -0.4 is 11.2 Å². The molecule has 0 saturated heterocycles. The van der Waals surface area contributed by atoms with E-state index in [0.717, 1.165) is 0 Å². The number of hydrogen-bond donors (Lipinski definition) is 3. The lowest BCUT2D eigenvalue weighted by atomic mass is 10.0. The zero-order chi connectivity index (χ0) is 11.8. The van der Waals surface area contributed by atoms with Gasteiger partial charge in [0.05, 0.1) is 5.54 Å². The molecular weight excluding hydrogens is 202 g/mol. The largest absolute Gasteiger partial charge is 0.502 e. The predicted octanol–water partition coefficient (Wildman–Crippen LogP) is 0.237. The van der Waals surface area contributed by atoms with Gasteiger partial charge in [0.1, 0.15) is 0 Å². The number of carboxylic acids is 1. The van der Waals surface area contributed by atoms with Gasteiger partial charge in [-0.2, -0.15) is 0 Å². The maximum atomic E-state index is 11.2. The second kappa shape index (κ2) is 3.39. The molecule has 0 aliphatic carbocycles. The van der Waals surface area contributed by atoms with Crippen LogP contribution in [0, 0.1) is 0 Å². The van der Waals surface area contributed by atoms with Crippen LogP contribution in [0.2, 0.25) is 0 Å². The van der Waals surface area contributed by atoms with E-state index in [0.29, 0.717) is 6.07 Å². The molecule has 6 heteroatoms. The van der Waals surface area contributed by atoms with Crippen molar-refractivity contribution in [1.29, 1.82) is 0 Å². The van der Waals surface area contributed by atoms with E-state index in [1.54, 1.807) is 0 Å². The van der Waals surface area contributed by atoms with Crippen molar-refractivity contribution in [3.05, 3.63) is 27.8 Å². The molecule has 0 spiro atoms. The highest BCUT2D eigenvalue weighted by atomic mass is 16.4. The Hall–Kier alpha value is -1.82. The van der Waals surface area contributed by atoms with Crippen LogP contribution in [0.4, 0.5) is 0 Å². The SMILES string of the molecule is CC(C)(N)c1oc(C(=O)O)cc(=O)c1O. The van der Waals surface area contributed by atoms with Crippen LogP contribution >= 0.6 is 0 Å². The first kappa shape index (κ1) is 11.3. The molecule has 0 radical (unpaired) electrons. The topological polar surface area (TPSA) is 114 Å². The van der Waals surface area contributed by atoms with Crippen molar-refractivity contribution in [1.82, 2.24) is 0 Å². The fourth-order valence-corrected chi connectivity index (χ4v) is 1.03. The minimum atomic E-state index is -1.39. The molecule has 0 amide bonds. The van der Waals surface area contributed by atoms with Gasteiger partial charge in [0, 0.05) is 6.07 Å². The maximum absolute atomic E-state index is 11.2. The smallest absolute Gasteiger partial charge is 0.371 e. The molecule has 1 aromatic rings. The quantitative estimate of drug-likeness (QED) is 0.648. The zero-order valence-electron chi connectivity index (χ0n) is 8.27. The number of carboxylic acid groups (broad SMARTS) is 1. The molecule has 0 aliphatic heterocycles. The van der Waals surface area contributed by atoms with Crippen LogP contribution in [-0.4, -0.2) is 16.2 Å². The van der Waals surface area contributed by atoms with Gasteiger partial charge in [-0.1, -0.05) is 0 Å². The van der Waals surface area contributed by atoms with E-state index in [9.17, 15) is 14.7 Å². The lowest BCUT2D eigenvalue weighted by Gasteiger charge is -2.18. The molecule has 4 N–H and O–H groups in total. The highest BCUT2D eigenvalue weighted by Gasteiger charge is 2.26. The summed E-state index contributed by atoms with van der Waals surface area (Å²) in [5.41, 5.74) is 3.65. The summed E-state index contributed by atoms with van der Waals surface area (Å²) in [6.07, 6.45) is 0. The summed E-state index contributed by atoms with van der Waals surface area (Å²) in [5, 5.41) is 18.0. The third kappa shape index (κ3) is 2.16. The van der Waals surface area contributed by atoms with Crippen molar-refractivity contribution < 1.29 is 19.4 Å². The molecular formula is C9H11NO5. The first-order chi connectivity index (χ1) is 6.73. The van der Waals surface area contributed by atoms with Crippen LogP contribution in [0.25, 0.3) is 0 Å². The van der Waals surface area contributed by atoms with Crippen molar-refractivity contribution in [3.8, 4) is 5.75 Å². The van der Waals surface area contributed by atoms with Crippen molar-refractivity contribution in [2.45, 2.75) is 19.4 Å². The van der Waals surface area contributed by atoms with Crippen LogP contribution in [0.5, 0.6) is 5.75 Å². The van der Waals surface area contributed by atoms with Crippen molar-refractivity contribution in [2.75, 3.05) is 0 Å². The van der Waals surface area contributed by atoms with Crippen molar-refractivity contribution >= 4 is 5.97 Å².